The largest absolute Gasteiger partial charge is 0.388 e. The Morgan fingerprint density at radius 3 is 2.46 bits per heavy atom. The summed E-state index contributed by atoms with van der Waals surface area (Å²) < 4.78 is 16.4. The number of likely N-dealkylation sites (N-methyl/N-ethyl adjacent to an activating group) is 1. The van der Waals surface area contributed by atoms with Crippen LogP contribution in [0.3, 0.4) is 0 Å². The molecule has 0 aromatic carbocycles. The molecule has 0 aromatic heterocycles. The van der Waals surface area contributed by atoms with E-state index in [1.165, 1.54) is 14.2 Å². The molecule has 1 heterocycles. The molecule has 0 unspecified atom stereocenters. The molecule has 1 rings (SSSR count). The second-order valence-electron chi connectivity index (χ2n) is 9.75. The van der Waals surface area contributed by atoms with E-state index in [2.05, 4.69) is 0 Å². The molecule has 0 saturated carbocycles. The van der Waals surface area contributed by atoms with E-state index < -0.39 is 24.4 Å². The summed E-state index contributed by atoms with van der Waals surface area (Å²) in [5, 5.41) is 21.5. The highest BCUT2D eigenvalue weighted by atomic mass is 16.5. The van der Waals surface area contributed by atoms with E-state index in [-0.39, 0.29) is 37.5 Å². The van der Waals surface area contributed by atoms with Crippen LogP contribution in [-0.4, -0.2) is 135 Å². The van der Waals surface area contributed by atoms with Crippen molar-refractivity contribution in [1.82, 2.24) is 14.7 Å². The zero-order valence-electron chi connectivity index (χ0n) is 22.4. The standard InChI is InChI=1S/C25H47N3O7/c1-19(2)16-20-25(34-6)24(32)21(29)17-35-15-8-7-12-27(22(30)10-9-11-26(3)4)13-14-28(20)23(31)18-33-5/h9-10,19-21,24-25,29,32H,7-8,11-18H2,1-6H3/b10-9+/t20-,21-,24-,25-/m0/s1. The summed E-state index contributed by atoms with van der Waals surface area (Å²) in [6.45, 7) is 6.03. The topological polar surface area (TPSA) is 112 Å². The molecule has 0 bridgehead atoms. The molecule has 2 amide bonds. The number of methoxy groups -OCH3 is 2. The quantitative estimate of drug-likeness (QED) is 0.459. The molecular formula is C25H47N3O7. The number of rotatable bonds is 8. The minimum Gasteiger partial charge on any atom is -0.388 e. The first kappa shape index (κ1) is 31.5. The maximum absolute atomic E-state index is 13.2. The number of nitrogens with zero attached hydrogens (tertiary/aromatic N) is 3. The van der Waals surface area contributed by atoms with Crippen LogP contribution in [0.5, 0.6) is 0 Å². The Labute approximate surface area is 210 Å². The van der Waals surface area contributed by atoms with Crippen LogP contribution in [0.25, 0.3) is 0 Å². The average molecular weight is 502 g/mol. The van der Waals surface area contributed by atoms with Crippen LogP contribution in [0.15, 0.2) is 12.2 Å². The molecule has 4 atom stereocenters. The van der Waals surface area contributed by atoms with E-state index in [4.69, 9.17) is 14.2 Å². The van der Waals surface area contributed by atoms with Gasteiger partial charge in [0, 0.05) is 53.1 Å². The van der Waals surface area contributed by atoms with Gasteiger partial charge in [-0.25, -0.2) is 0 Å². The summed E-state index contributed by atoms with van der Waals surface area (Å²) in [6, 6.07) is -0.531. The number of ether oxygens (including phenoxy) is 3. The number of carbonyl (C=O) groups excluding carboxylic acids is 2. The normalized spacial score (nSPS) is 25.9. The number of aliphatic hydroxyl groups excluding tert-OH is 2. The smallest absolute Gasteiger partial charge is 0.248 e. The summed E-state index contributed by atoms with van der Waals surface area (Å²) in [5.74, 6) is -0.194. The highest BCUT2D eigenvalue weighted by Gasteiger charge is 2.39. The lowest BCUT2D eigenvalue weighted by atomic mass is 9.92. The van der Waals surface area contributed by atoms with Gasteiger partial charge in [0.25, 0.3) is 0 Å². The van der Waals surface area contributed by atoms with Crippen LogP contribution in [0.2, 0.25) is 0 Å². The van der Waals surface area contributed by atoms with Crippen molar-refractivity contribution >= 4 is 11.8 Å². The van der Waals surface area contributed by atoms with Crippen molar-refractivity contribution in [2.45, 2.75) is 57.5 Å². The molecule has 0 radical (unpaired) electrons. The predicted octanol–water partition coefficient (Wildman–Crippen LogP) is 0.370. The molecule has 1 aliphatic rings. The third-order valence-corrected chi connectivity index (χ3v) is 5.99. The van der Waals surface area contributed by atoms with E-state index in [1.54, 1.807) is 15.9 Å². The lowest BCUT2D eigenvalue weighted by Gasteiger charge is -2.41. The summed E-state index contributed by atoms with van der Waals surface area (Å²) >= 11 is 0. The van der Waals surface area contributed by atoms with Gasteiger partial charge in [0.1, 0.15) is 24.9 Å². The maximum atomic E-state index is 13.2. The van der Waals surface area contributed by atoms with Crippen LogP contribution >= 0.6 is 0 Å². The Hall–Kier alpha value is -1.56. The van der Waals surface area contributed by atoms with E-state index in [0.717, 1.165) is 0 Å². The Balaban J connectivity index is 3.30. The minimum absolute atomic E-state index is 0.0443. The van der Waals surface area contributed by atoms with Crippen LogP contribution < -0.4 is 0 Å². The predicted molar refractivity (Wildman–Crippen MR) is 134 cm³/mol. The number of hydrogen-bond acceptors (Lipinski definition) is 8. The zero-order valence-corrected chi connectivity index (χ0v) is 22.4. The van der Waals surface area contributed by atoms with Gasteiger partial charge in [0.05, 0.1) is 12.6 Å². The van der Waals surface area contributed by atoms with Gasteiger partial charge in [-0.3, -0.25) is 9.59 Å². The molecule has 0 spiro atoms. The minimum atomic E-state index is -1.25. The Morgan fingerprint density at radius 2 is 1.86 bits per heavy atom. The van der Waals surface area contributed by atoms with Crippen LogP contribution in [0.1, 0.15) is 33.1 Å². The van der Waals surface area contributed by atoms with Gasteiger partial charge in [-0.2, -0.15) is 0 Å². The molecule has 0 aliphatic carbocycles. The number of aliphatic hydroxyl groups is 2. The van der Waals surface area contributed by atoms with E-state index in [0.29, 0.717) is 45.5 Å². The van der Waals surface area contributed by atoms with Crippen molar-refractivity contribution in [3.63, 3.8) is 0 Å². The van der Waals surface area contributed by atoms with Gasteiger partial charge in [-0.1, -0.05) is 19.9 Å². The lowest BCUT2D eigenvalue weighted by Crippen LogP contribution is -2.57. The molecular weight excluding hydrogens is 454 g/mol. The van der Waals surface area contributed by atoms with Crippen LogP contribution in [-0.2, 0) is 23.8 Å². The fourth-order valence-electron chi connectivity index (χ4n) is 4.19. The summed E-state index contributed by atoms with van der Waals surface area (Å²) in [7, 11) is 6.78. The van der Waals surface area contributed by atoms with E-state index in [9.17, 15) is 19.8 Å². The number of amides is 2. The summed E-state index contributed by atoms with van der Waals surface area (Å²) in [4.78, 5) is 31.5. The first-order valence-corrected chi connectivity index (χ1v) is 12.5. The highest BCUT2D eigenvalue weighted by Crippen LogP contribution is 2.22. The van der Waals surface area contributed by atoms with Crippen LogP contribution in [0, 0.1) is 5.92 Å². The first-order chi connectivity index (χ1) is 16.6. The van der Waals surface area contributed by atoms with Gasteiger partial charge < -0.3 is 39.1 Å². The van der Waals surface area contributed by atoms with E-state index in [1.807, 2.05) is 38.9 Å². The molecule has 10 heteroatoms. The second-order valence-corrected chi connectivity index (χ2v) is 9.75. The molecule has 1 saturated heterocycles. The molecule has 1 fully saturated rings. The highest BCUT2D eigenvalue weighted by molar-refractivity contribution is 5.87. The van der Waals surface area contributed by atoms with Crippen molar-refractivity contribution in [2.24, 2.45) is 5.92 Å². The molecule has 204 valence electrons. The Morgan fingerprint density at radius 1 is 1.14 bits per heavy atom. The third-order valence-electron chi connectivity index (χ3n) is 5.99. The van der Waals surface area contributed by atoms with Gasteiger partial charge in [-0.05, 0) is 39.3 Å². The zero-order chi connectivity index (χ0) is 26.4. The van der Waals surface area contributed by atoms with Crippen molar-refractivity contribution in [2.75, 3.05) is 74.3 Å². The maximum Gasteiger partial charge on any atom is 0.248 e. The first-order valence-electron chi connectivity index (χ1n) is 12.5. The van der Waals surface area contributed by atoms with Crippen molar-refractivity contribution in [3.8, 4) is 0 Å². The van der Waals surface area contributed by atoms with Crippen molar-refractivity contribution in [1.29, 1.82) is 0 Å². The summed E-state index contributed by atoms with van der Waals surface area (Å²) in [5.41, 5.74) is 0. The van der Waals surface area contributed by atoms with Gasteiger partial charge in [0.2, 0.25) is 11.8 Å². The number of hydrogen-bond donors (Lipinski definition) is 2. The average Bonchev–Trinajstić information content (AvgIpc) is 2.78. The molecule has 1 aliphatic heterocycles. The monoisotopic (exact) mass is 501 g/mol. The second kappa shape index (κ2) is 17.0. The van der Waals surface area contributed by atoms with Gasteiger partial charge in [-0.15, -0.1) is 0 Å². The molecule has 2 N–H and O–H groups in total. The fraction of sp³-hybridized carbons (Fsp3) is 0.840. The Kier molecular flexibility index (Phi) is 15.3. The molecule has 0 aromatic rings. The van der Waals surface area contributed by atoms with Crippen molar-refractivity contribution in [3.05, 3.63) is 12.2 Å². The summed E-state index contributed by atoms with van der Waals surface area (Å²) in [6.07, 6.45) is 2.10. The molecule has 10 nitrogen and oxygen atoms in total. The van der Waals surface area contributed by atoms with E-state index >= 15 is 0 Å². The third kappa shape index (κ3) is 11.4. The lowest BCUT2D eigenvalue weighted by molar-refractivity contribution is -0.153. The Bertz CT molecular complexity index is 645. The van der Waals surface area contributed by atoms with Crippen molar-refractivity contribution < 1.29 is 34.0 Å². The fourth-order valence-corrected chi connectivity index (χ4v) is 4.19. The van der Waals surface area contributed by atoms with Gasteiger partial charge in [0.15, 0.2) is 0 Å². The molecule has 35 heavy (non-hydrogen) atoms. The number of carbonyl (C=O) groups is 2. The van der Waals surface area contributed by atoms with Crippen LogP contribution in [0.4, 0.5) is 0 Å². The SMILES string of the molecule is COCC(=O)N1CCN(C(=O)/C=C/CN(C)C)CCCCOC[C@H](O)[C@H](O)[C@@H](OC)[C@@H]1CC(C)C. The van der Waals surface area contributed by atoms with Gasteiger partial charge >= 0.3 is 0 Å².